The van der Waals surface area contributed by atoms with E-state index in [0.29, 0.717) is 36.2 Å². The highest BCUT2D eigenvalue weighted by atomic mass is 32.2. The van der Waals surface area contributed by atoms with Crippen molar-refractivity contribution >= 4 is 35.0 Å². The van der Waals surface area contributed by atoms with Crippen molar-refractivity contribution in [2.45, 2.75) is 29.8 Å². The van der Waals surface area contributed by atoms with Crippen LogP contribution in [0.15, 0.2) is 34.0 Å². The fraction of sp³-hybridized carbons (Fsp3) is 0.389. The zero-order valence-electron chi connectivity index (χ0n) is 14.7. The highest BCUT2D eigenvalue weighted by Gasteiger charge is 2.31. The highest BCUT2D eigenvalue weighted by molar-refractivity contribution is 8.01. The number of benzene rings is 1. The van der Waals surface area contributed by atoms with Crippen LogP contribution in [0.4, 0.5) is 0 Å². The second kappa shape index (κ2) is 9.20. The lowest BCUT2D eigenvalue weighted by Crippen LogP contribution is -2.38. The average Bonchev–Trinajstić information content (AvgIpc) is 3.28. The molecule has 3 N–H and O–H groups in total. The van der Waals surface area contributed by atoms with Crippen LogP contribution in [0.3, 0.4) is 0 Å². The standard InChI is InChI=1S/C18H21N3O4S2/c19-9-12-2-1-3-14(8-12)25-10-13-4-5-16(22)21(13)6-7-26-18-20-15(11-27-18)17(23)24/h1-3,8,11,13H,4-7,9-10,19H2,(H,23,24)/t13-/m1/s1. The van der Waals surface area contributed by atoms with Gasteiger partial charge in [0.05, 0.1) is 6.04 Å². The number of carboxylic acid groups (broad SMARTS) is 1. The minimum atomic E-state index is -1.02. The molecular formula is C18H21N3O4S2. The predicted molar refractivity (Wildman–Crippen MR) is 104 cm³/mol. The number of amides is 1. The number of hydrogen-bond donors (Lipinski definition) is 2. The number of carbonyl (C=O) groups is 2. The Morgan fingerprint density at radius 3 is 3.07 bits per heavy atom. The summed E-state index contributed by atoms with van der Waals surface area (Å²) in [5.41, 5.74) is 6.72. The Morgan fingerprint density at radius 1 is 1.48 bits per heavy atom. The van der Waals surface area contributed by atoms with Crippen LogP contribution in [-0.2, 0) is 11.3 Å². The summed E-state index contributed by atoms with van der Waals surface area (Å²) in [6.07, 6.45) is 1.31. The van der Waals surface area contributed by atoms with E-state index in [-0.39, 0.29) is 17.6 Å². The summed E-state index contributed by atoms with van der Waals surface area (Å²) >= 11 is 2.77. The van der Waals surface area contributed by atoms with Gasteiger partial charge in [0.1, 0.15) is 12.4 Å². The van der Waals surface area contributed by atoms with Gasteiger partial charge in [0.15, 0.2) is 10.0 Å². The second-order valence-corrected chi connectivity index (χ2v) is 8.29. The highest BCUT2D eigenvalue weighted by Crippen LogP contribution is 2.25. The van der Waals surface area contributed by atoms with E-state index < -0.39 is 5.97 Å². The Kier molecular flexibility index (Phi) is 6.70. The summed E-state index contributed by atoms with van der Waals surface area (Å²) in [7, 11) is 0. The summed E-state index contributed by atoms with van der Waals surface area (Å²) in [5, 5.41) is 10.4. The molecule has 3 rings (SSSR count). The van der Waals surface area contributed by atoms with Gasteiger partial charge in [-0.2, -0.15) is 0 Å². The molecule has 27 heavy (non-hydrogen) atoms. The molecular weight excluding hydrogens is 386 g/mol. The number of hydrogen-bond acceptors (Lipinski definition) is 7. The number of thioether (sulfide) groups is 1. The van der Waals surface area contributed by atoms with Crippen molar-refractivity contribution in [3.05, 3.63) is 40.9 Å². The molecule has 2 aromatic rings. The Hall–Kier alpha value is -2.10. The summed E-state index contributed by atoms with van der Waals surface area (Å²) in [5.74, 6) is 0.530. The minimum Gasteiger partial charge on any atom is -0.491 e. The van der Waals surface area contributed by atoms with Crippen LogP contribution in [0.5, 0.6) is 5.75 Å². The van der Waals surface area contributed by atoms with Gasteiger partial charge < -0.3 is 20.5 Å². The van der Waals surface area contributed by atoms with Gasteiger partial charge in [-0.15, -0.1) is 11.3 Å². The number of aromatic carboxylic acids is 1. The molecule has 7 nitrogen and oxygen atoms in total. The zero-order valence-corrected chi connectivity index (χ0v) is 16.3. The lowest BCUT2D eigenvalue weighted by Gasteiger charge is -2.24. The third-order valence-corrected chi connectivity index (χ3v) is 6.29. The van der Waals surface area contributed by atoms with E-state index in [1.807, 2.05) is 29.2 Å². The van der Waals surface area contributed by atoms with E-state index in [1.54, 1.807) is 0 Å². The number of carbonyl (C=O) groups excluding carboxylic acids is 1. The summed E-state index contributed by atoms with van der Waals surface area (Å²) in [4.78, 5) is 29.0. The van der Waals surface area contributed by atoms with Gasteiger partial charge in [-0.3, -0.25) is 4.79 Å². The van der Waals surface area contributed by atoms with Crippen LogP contribution in [0.1, 0.15) is 28.9 Å². The normalized spacial score (nSPS) is 16.7. The van der Waals surface area contributed by atoms with Crippen molar-refractivity contribution in [3.8, 4) is 5.75 Å². The van der Waals surface area contributed by atoms with Crippen molar-refractivity contribution in [2.75, 3.05) is 18.9 Å². The molecule has 0 aliphatic carbocycles. The number of nitrogens with two attached hydrogens (primary N) is 1. The third-order valence-electron chi connectivity index (χ3n) is 4.29. The first-order valence-corrected chi connectivity index (χ1v) is 10.5. The number of likely N-dealkylation sites (tertiary alicyclic amines) is 1. The third kappa shape index (κ3) is 5.21. The zero-order chi connectivity index (χ0) is 19.2. The molecule has 0 spiro atoms. The Labute approximate surface area is 165 Å². The maximum atomic E-state index is 12.2. The Morgan fingerprint density at radius 2 is 2.33 bits per heavy atom. The molecule has 1 aromatic heterocycles. The first-order valence-electron chi connectivity index (χ1n) is 8.59. The van der Waals surface area contributed by atoms with Crippen LogP contribution < -0.4 is 10.5 Å². The monoisotopic (exact) mass is 407 g/mol. The molecule has 144 valence electrons. The van der Waals surface area contributed by atoms with Crippen molar-refractivity contribution in [1.82, 2.24) is 9.88 Å². The number of thiazole rings is 1. The van der Waals surface area contributed by atoms with E-state index in [4.69, 9.17) is 15.6 Å². The lowest BCUT2D eigenvalue weighted by atomic mass is 10.2. The fourth-order valence-corrected chi connectivity index (χ4v) is 4.69. The first-order chi connectivity index (χ1) is 13.1. The van der Waals surface area contributed by atoms with Gasteiger partial charge in [-0.25, -0.2) is 9.78 Å². The van der Waals surface area contributed by atoms with Crippen molar-refractivity contribution in [2.24, 2.45) is 5.73 Å². The molecule has 0 saturated carbocycles. The van der Waals surface area contributed by atoms with Gasteiger partial charge in [-0.05, 0) is 24.1 Å². The molecule has 2 heterocycles. The van der Waals surface area contributed by atoms with Crippen molar-refractivity contribution in [1.29, 1.82) is 0 Å². The molecule has 0 radical (unpaired) electrons. The van der Waals surface area contributed by atoms with E-state index in [9.17, 15) is 9.59 Å². The first kappa shape index (κ1) is 19.7. The summed E-state index contributed by atoms with van der Waals surface area (Å²) in [6.45, 7) is 1.50. The van der Waals surface area contributed by atoms with Crippen LogP contribution in [0.2, 0.25) is 0 Å². The van der Waals surface area contributed by atoms with E-state index in [2.05, 4.69) is 4.98 Å². The fourth-order valence-electron chi connectivity index (χ4n) is 2.88. The van der Waals surface area contributed by atoms with Crippen LogP contribution in [0, 0.1) is 0 Å². The number of aromatic nitrogens is 1. The molecule has 1 aliphatic rings. The molecule has 1 fully saturated rings. The second-order valence-electron chi connectivity index (χ2n) is 6.09. The SMILES string of the molecule is NCc1cccc(OC[C@H]2CCC(=O)N2CCSc2nc(C(=O)O)cs2)c1. The van der Waals surface area contributed by atoms with Crippen LogP contribution in [-0.4, -0.2) is 51.8 Å². The molecule has 0 unspecified atom stereocenters. The maximum absolute atomic E-state index is 12.2. The van der Waals surface area contributed by atoms with Crippen molar-refractivity contribution < 1.29 is 19.4 Å². The maximum Gasteiger partial charge on any atom is 0.355 e. The number of nitrogens with zero attached hydrogens (tertiary/aromatic N) is 2. The average molecular weight is 408 g/mol. The van der Waals surface area contributed by atoms with E-state index >= 15 is 0 Å². The van der Waals surface area contributed by atoms with Crippen LogP contribution >= 0.6 is 23.1 Å². The van der Waals surface area contributed by atoms with Crippen molar-refractivity contribution in [3.63, 3.8) is 0 Å². The molecule has 1 atom stereocenters. The van der Waals surface area contributed by atoms with E-state index in [0.717, 1.165) is 17.7 Å². The molecule has 1 saturated heterocycles. The quantitative estimate of drug-likeness (QED) is 0.615. The summed E-state index contributed by atoms with van der Waals surface area (Å²) < 4.78 is 6.57. The van der Waals surface area contributed by atoms with Gasteiger partial charge in [0.25, 0.3) is 0 Å². The molecule has 1 aliphatic heterocycles. The topological polar surface area (TPSA) is 106 Å². The van der Waals surface area contributed by atoms with Gasteiger partial charge in [0, 0.05) is 30.6 Å². The van der Waals surface area contributed by atoms with Gasteiger partial charge in [-0.1, -0.05) is 23.9 Å². The lowest BCUT2D eigenvalue weighted by molar-refractivity contribution is -0.129. The molecule has 1 aromatic carbocycles. The van der Waals surface area contributed by atoms with Gasteiger partial charge >= 0.3 is 5.97 Å². The van der Waals surface area contributed by atoms with Crippen LogP contribution in [0.25, 0.3) is 0 Å². The Bertz CT molecular complexity index is 811. The minimum absolute atomic E-state index is 0.0468. The number of rotatable bonds is 9. The Balaban J connectivity index is 1.50. The predicted octanol–water partition coefficient (Wildman–Crippen LogP) is 2.46. The molecule has 9 heteroatoms. The smallest absolute Gasteiger partial charge is 0.355 e. The number of ether oxygens (including phenoxy) is 1. The summed E-state index contributed by atoms with van der Waals surface area (Å²) in [6, 6.07) is 7.71. The molecule has 1 amide bonds. The molecule has 0 bridgehead atoms. The largest absolute Gasteiger partial charge is 0.491 e. The van der Waals surface area contributed by atoms with Gasteiger partial charge in [0.2, 0.25) is 5.91 Å². The van der Waals surface area contributed by atoms with E-state index in [1.165, 1.54) is 28.5 Å². The number of carboxylic acids is 1.